The number of fused-ring (bicyclic) bond motifs is 1. The molecular formula is C15H20N2O3. The second-order valence-electron chi connectivity index (χ2n) is 5.40. The highest BCUT2D eigenvalue weighted by Gasteiger charge is 2.36. The van der Waals surface area contributed by atoms with Crippen LogP contribution in [0.25, 0.3) is 0 Å². The molecule has 108 valence electrons. The molecule has 0 aromatic heterocycles. The molecule has 0 aliphatic carbocycles. The molecule has 1 saturated heterocycles. The summed E-state index contributed by atoms with van der Waals surface area (Å²) in [6, 6.07) is 7.63. The third-order valence-corrected chi connectivity index (χ3v) is 3.84. The van der Waals surface area contributed by atoms with Gasteiger partial charge < -0.3 is 20.1 Å². The largest absolute Gasteiger partial charge is 0.487 e. The first-order valence-corrected chi connectivity index (χ1v) is 7.11. The molecule has 1 aromatic rings. The minimum atomic E-state index is -0.373. The van der Waals surface area contributed by atoms with Gasteiger partial charge in [-0.3, -0.25) is 4.79 Å². The van der Waals surface area contributed by atoms with Gasteiger partial charge in [-0.05, 0) is 31.9 Å². The quantitative estimate of drug-likeness (QED) is 0.884. The van der Waals surface area contributed by atoms with E-state index in [4.69, 9.17) is 15.2 Å². The van der Waals surface area contributed by atoms with Crippen LogP contribution in [0, 0.1) is 0 Å². The van der Waals surface area contributed by atoms with Gasteiger partial charge in [0.15, 0.2) is 0 Å². The molecule has 2 aliphatic heterocycles. The summed E-state index contributed by atoms with van der Waals surface area (Å²) < 4.78 is 11.5. The number of hydrogen-bond acceptors (Lipinski definition) is 4. The minimum absolute atomic E-state index is 0.0117. The van der Waals surface area contributed by atoms with E-state index in [1.54, 1.807) is 4.90 Å². The highest BCUT2D eigenvalue weighted by atomic mass is 16.5. The zero-order valence-corrected chi connectivity index (χ0v) is 11.6. The van der Waals surface area contributed by atoms with Gasteiger partial charge in [-0.15, -0.1) is 0 Å². The molecule has 2 heterocycles. The van der Waals surface area contributed by atoms with Gasteiger partial charge in [-0.2, -0.15) is 0 Å². The van der Waals surface area contributed by atoms with Crippen molar-refractivity contribution in [2.24, 2.45) is 5.73 Å². The smallest absolute Gasteiger partial charge is 0.256 e. The molecular weight excluding hydrogens is 256 g/mol. The van der Waals surface area contributed by atoms with Gasteiger partial charge in [0.1, 0.15) is 18.0 Å². The molecule has 0 radical (unpaired) electrons. The van der Waals surface area contributed by atoms with E-state index in [-0.39, 0.29) is 24.2 Å². The van der Waals surface area contributed by atoms with Crippen molar-refractivity contribution in [2.75, 3.05) is 18.0 Å². The molecule has 0 spiro atoms. The van der Waals surface area contributed by atoms with E-state index in [2.05, 4.69) is 0 Å². The Morgan fingerprint density at radius 2 is 2.20 bits per heavy atom. The Balaban J connectivity index is 1.81. The second-order valence-corrected chi connectivity index (χ2v) is 5.40. The van der Waals surface area contributed by atoms with E-state index < -0.39 is 0 Å². The molecule has 5 nitrogen and oxygen atoms in total. The minimum Gasteiger partial charge on any atom is -0.487 e. The van der Waals surface area contributed by atoms with E-state index in [0.717, 1.165) is 24.3 Å². The molecule has 1 fully saturated rings. The van der Waals surface area contributed by atoms with Crippen LogP contribution in [-0.2, 0) is 9.53 Å². The zero-order valence-electron chi connectivity index (χ0n) is 11.6. The molecule has 0 bridgehead atoms. The number of amides is 1. The molecule has 1 amide bonds. The maximum atomic E-state index is 12.7. The Kier molecular flexibility index (Phi) is 3.63. The summed E-state index contributed by atoms with van der Waals surface area (Å²) in [5, 5.41) is 0. The summed E-state index contributed by atoms with van der Waals surface area (Å²) in [4.78, 5) is 14.5. The van der Waals surface area contributed by atoms with Gasteiger partial charge in [0.25, 0.3) is 5.91 Å². The number of carbonyl (C=O) groups excluding carboxylic acids is 1. The first-order valence-electron chi connectivity index (χ1n) is 7.11. The van der Waals surface area contributed by atoms with Crippen LogP contribution < -0.4 is 15.4 Å². The van der Waals surface area contributed by atoms with Crippen molar-refractivity contribution in [3.05, 3.63) is 24.3 Å². The monoisotopic (exact) mass is 276 g/mol. The van der Waals surface area contributed by atoms with E-state index in [1.165, 1.54) is 0 Å². The van der Waals surface area contributed by atoms with Crippen molar-refractivity contribution in [3.63, 3.8) is 0 Å². The summed E-state index contributed by atoms with van der Waals surface area (Å²) in [5.74, 6) is 0.775. The molecule has 20 heavy (non-hydrogen) atoms. The van der Waals surface area contributed by atoms with Gasteiger partial charge >= 0.3 is 0 Å². The standard InChI is InChI=1S/C15H20N2O3/c1-10-9-17(12-4-2-3-5-13(12)19-10)15(18)14-7-6-11(8-16)20-14/h2-5,10-11,14H,6-9,16H2,1H3/t10?,11-,14+/m1/s1. The van der Waals surface area contributed by atoms with Crippen LogP contribution in [0.15, 0.2) is 24.3 Å². The molecule has 3 rings (SSSR count). The summed E-state index contributed by atoms with van der Waals surface area (Å²) in [5.41, 5.74) is 6.43. The van der Waals surface area contributed by atoms with Crippen LogP contribution in [0.2, 0.25) is 0 Å². The van der Waals surface area contributed by atoms with Crippen LogP contribution >= 0.6 is 0 Å². The molecule has 2 aliphatic rings. The van der Waals surface area contributed by atoms with Gasteiger partial charge in [0.05, 0.1) is 18.3 Å². The predicted octanol–water partition coefficient (Wildman–Crippen LogP) is 1.31. The molecule has 1 aromatic carbocycles. The average molecular weight is 276 g/mol. The Morgan fingerprint density at radius 1 is 1.40 bits per heavy atom. The number of carbonyl (C=O) groups is 1. The zero-order chi connectivity index (χ0) is 14.1. The highest BCUT2D eigenvalue weighted by molar-refractivity contribution is 5.98. The first kappa shape index (κ1) is 13.4. The Labute approximate surface area is 118 Å². The fourth-order valence-electron chi connectivity index (χ4n) is 2.83. The fraction of sp³-hybridized carbons (Fsp3) is 0.533. The summed E-state index contributed by atoms with van der Waals surface area (Å²) in [6.07, 6.45) is 1.23. The van der Waals surface area contributed by atoms with E-state index in [0.29, 0.717) is 13.1 Å². The third-order valence-electron chi connectivity index (χ3n) is 3.84. The number of ether oxygens (including phenoxy) is 2. The van der Waals surface area contributed by atoms with Gasteiger partial charge in [-0.25, -0.2) is 0 Å². The first-order chi connectivity index (χ1) is 9.69. The van der Waals surface area contributed by atoms with Crippen molar-refractivity contribution in [1.29, 1.82) is 0 Å². The van der Waals surface area contributed by atoms with Crippen LogP contribution in [0.1, 0.15) is 19.8 Å². The van der Waals surface area contributed by atoms with Crippen LogP contribution in [0.4, 0.5) is 5.69 Å². The Bertz CT molecular complexity index is 506. The van der Waals surface area contributed by atoms with Gasteiger partial charge in [0.2, 0.25) is 0 Å². The van der Waals surface area contributed by atoms with Crippen LogP contribution in [0.5, 0.6) is 5.75 Å². The van der Waals surface area contributed by atoms with Crippen molar-refractivity contribution >= 4 is 11.6 Å². The molecule has 5 heteroatoms. The van der Waals surface area contributed by atoms with Crippen LogP contribution in [-0.4, -0.2) is 37.3 Å². The number of para-hydroxylation sites is 2. The SMILES string of the molecule is CC1CN(C(=O)[C@@H]2CC[C@H](CN)O2)c2ccccc2O1. The third kappa shape index (κ3) is 2.39. The maximum absolute atomic E-state index is 12.7. The topological polar surface area (TPSA) is 64.8 Å². The fourth-order valence-corrected chi connectivity index (χ4v) is 2.83. The second kappa shape index (κ2) is 5.42. The lowest BCUT2D eigenvalue weighted by atomic mass is 10.1. The van der Waals surface area contributed by atoms with Crippen LogP contribution in [0.3, 0.4) is 0 Å². The summed E-state index contributed by atoms with van der Waals surface area (Å²) >= 11 is 0. The lowest BCUT2D eigenvalue weighted by Crippen LogP contribution is -2.47. The van der Waals surface area contributed by atoms with Gasteiger partial charge in [0, 0.05) is 6.54 Å². The lowest BCUT2D eigenvalue weighted by Gasteiger charge is -2.34. The van der Waals surface area contributed by atoms with E-state index in [1.807, 2.05) is 31.2 Å². The molecule has 3 atom stereocenters. The number of anilines is 1. The summed E-state index contributed by atoms with van der Waals surface area (Å²) in [7, 11) is 0. The predicted molar refractivity (Wildman–Crippen MR) is 75.8 cm³/mol. The summed E-state index contributed by atoms with van der Waals surface area (Å²) in [6.45, 7) is 3.00. The van der Waals surface area contributed by atoms with Gasteiger partial charge in [-0.1, -0.05) is 12.1 Å². The Morgan fingerprint density at radius 3 is 2.95 bits per heavy atom. The highest BCUT2D eigenvalue weighted by Crippen LogP contribution is 2.34. The average Bonchev–Trinajstić information content (AvgIpc) is 2.94. The maximum Gasteiger partial charge on any atom is 0.256 e. The number of nitrogens with zero attached hydrogens (tertiary/aromatic N) is 1. The number of nitrogens with two attached hydrogens (primary N) is 1. The van der Waals surface area contributed by atoms with E-state index >= 15 is 0 Å². The molecule has 0 saturated carbocycles. The van der Waals surface area contributed by atoms with Crippen molar-refractivity contribution in [3.8, 4) is 5.75 Å². The number of hydrogen-bond donors (Lipinski definition) is 1. The van der Waals surface area contributed by atoms with Crippen molar-refractivity contribution in [1.82, 2.24) is 0 Å². The normalized spacial score (nSPS) is 28.9. The van der Waals surface area contributed by atoms with Crippen molar-refractivity contribution in [2.45, 2.75) is 38.1 Å². The lowest BCUT2D eigenvalue weighted by molar-refractivity contribution is -0.129. The van der Waals surface area contributed by atoms with Crippen molar-refractivity contribution < 1.29 is 14.3 Å². The number of rotatable bonds is 2. The number of benzene rings is 1. The van der Waals surface area contributed by atoms with E-state index in [9.17, 15) is 4.79 Å². The Hall–Kier alpha value is -1.59. The molecule has 1 unspecified atom stereocenters. The molecule has 2 N–H and O–H groups in total.